The first-order valence-electron chi connectivity index (χ1n) is 7.79. The van der Waals surface area contributed by atoms with Crippen LogP contribution in [0.1, 0.15) is 50.0 Å². The quantitative estimate of drug-likeness (QED) is 0.857. The number of fused-ring (bicyclic) bond motifs is 2. The molecule has 1 aromatic carbocycles. The van der Waals surface area contributed by atoms with Crippen molar-refractivity contribution in [2.24, 2.45) is 5.73 Å². The van der Waals surface area contributed by atoms with Crippen LogP contribution in [0.5, 0.6) is 5.75 Å². The SMILES string of the molecule is C.CC1(C)CCC2=C(O1)c1ccc(OCCN)cc1C(=O)C2=O.[3H]F. The number of nitrogens with two attached hydrogens (primary N) is 1. The lowest BCUT2D eigenvalue weighted by Crippen LogP contribution is -2.34. The molecule has 1 aliphatic carbocycles. The Labute approximate surface area is 142 Å². The van der Waals surface area contributed by atoms with Crippen molar-refractivity contribution in [3.63, 3.8) is 0 Å². The normalized spacial score (nSPS) is 18.1. The van der Waals surface area contributed by atoms with E-state index in [2.05, 4.69) is 1.45 Å². The molecule has 1 aliphatic heterocycles. The van der Waals surface area contributed by atoms with Crippen LogP contribution < -0.4 is 10.5 Å². The number of ether oxygens (including phenoxy) is 2. The summed E-state index contributed by atoms with van der Waals surface area (Å²) in [5.74, 6) is 0.120. The van der Waals surface area contributed by atoms with Gasteiger partial charge in [0.05, 0.1) is 0 Å². The predicted octanol–water partition coefficient (Wildman–Crippen LogP) is 2.88. The third-order valence-corrected chi connectivity index (χ3v) is 3.98. The average molecular weight is 339 g/mol. The lowest BCUT2D eigenvalue weighted by atomic mass is 9.82. The highest BCUT2D eigenvalue weighted by molar-refractivity contribution is 6.52. The van der Waals surface area contributed by atoms with Gasteiger partial charge in [-0.2, -0.15) is 0 Å². The molecule has 24 heavy (non-hydrogen) atoms. The van der Waals surface area contributed by atoms with Crippen LogP contribution in [0, 0.1) is 0 Å². The van der Waals surface area contributed by atoms with Gasteiger partial charge in [0.1, 0.15) is 23.7 Å². The van der Waals surface area contributed by atoms with Crippen LogP contribution in [0.2, 0.25) is 0 Å². The minimum Gasteiger partial charge on any atom is -0.492 e. The van der Waals surface area contributed by atoms with Crippen molar-refractivity contribution in [1.29, 1.82) is 1.45 Å². The molecule has 0 aromatic heterocycles. The van der Waals surface area contributed by atoms with Crippen LogP contribution in [0.3, 0.4) is 0 Å². The first kappa shape index (κ1) is 18.1. The molecule has 0 fully saturated rings. The number of rotatable bonds is 3. The highest BCUT2D eigenvalue weighted by Gasteiger charge is 2.39. The summed E-state index contributed by atoms with van der Waals surface area (Å²) in [6.45, 7) is 4.71. The zero-order valence-corrected chi connectivity index (χ0v) is 13.1. The number of ketones is 2. The number of halogens is 1. The highest BCUT2D eigenvalue weighted by atomic mass is 19.0. The molecule has 5 nitrogen and oxygen atoms in total. The smallest absolute Gasteiger partial charge is 0.269 e. The number of benzene rings is 1. The topological polar surface area (TPSA) is 78.6 Å². The van der Waals surface area contributed by atoms with Gasteiger partial charge in [0.25, 0.3) is 1.45 Å². The van der Waals surface area contributed by atoms with Crippen molar-refractivity contribution in [3.8, 4) is 5.75 Å². The summed E-state index contributed by atoms with van der Waals surface area (Å²) in [6.07, 6.45) is 1.29. The fraction of sp³-hybridized carbons (Fsp3) is 0.444. The Hall–Kier alpha value is -2.21. The summed E-state index contributed by atoms with van der Waals surface area (Å²) in [5.41, 5.74) is 6.58. The molecule has 3 rings (SSSR count). The highest BCUT2D eigenvalue weighted by Crippen LogP contribution is 2.41. The second-order valence-electron chi connectivity index (χ2n) is 6.17. The molecule has 0 spiro atoms. The maximum Gasteiger partial charge on any atom is 0.269 e. The van der Waals surface area contributed by atoms with Crippen molar-refractivity contribution in [3.05, 3.63) is 34.9 Å². The number of allylic oxidation sites excluding steroid dienone is 1. The summed E-state index contributed by atoms with van der Waals surface area (Å²) >= 11 is 0. The van der Waals surface area contributed by atoms with E-state index in [1.165, 1.54) is 0 Å². The average Bonchev–Trinajstić information content (AvgIpc) is 2.58. The number of Topliss-reactive ketones (excluding diaryl/α,β-unsaturated/α-hetero) is 2. The van der Waals surface area contributed by atoms with Crippen LogP contribution in [-0.4, -0.2) is 31.8 Å². The van der Waals surface area contributed by atoms with E-state index in [0.717, 1.165) is 6.42 Å². The van der Waals surface area contributed by atoms with Crippen molar-refractivity contribution in [2.75, 3.05) is 13.2 Å². The first-order chi connectivity index (χ1) is 11.4. The molecule has 1 aromatic rings. The van der Waals surface area contributed by atoms with E-state index in [1.54, 1.807) is 18.2 Å². The summed E-state index contributed by atoms with van der Waals surface area (Å²) in [5, 5.41) is 0. The predicted molar refractivity (Wildman–Crippen MR) is 90.9 cm³/mol. The van der Waals surface area contributed by atoms with E-state index in [4.69, 9.17) is 19.9 Å². The molecule has 0 saturated heterocycles. The molecule has 2 aliphatic rings. The fourth-order valence-electron chi connectivity index (χ4n) is 2.80. The lowest BCUT2D eigenvalue weighted by molar-refractivity contribution is -0.112. The maximum atomic E-state index is 12.3. The zero-order chi connectivity index (χ0) is 17.9. The van der Waals surface area contributed by atoms with E-state index in [9.17, 15) is 9.59 Å². The Bertz CT molecular complexity index is 700. The van der Waals surface area contributed by atoms with Gasteiger partial charge in [0.15, 0.2) is 0 Å². The minimum atomic E-state index is -0.491. The number of hydrogen-bond acceptors (Lipinski definition) is 5. The molecule has 6 heteroatoms. The summed E-state index contributed by atoms with van der Waals surface area (Å²) in [6, 6.07) is 5.15. The van der Waals surface area contributed by atoms with Gasteiger partial charge < -0.3 is 15.2 Å². The summed E-state index contributed by atoms with van der Waals surface area (Å²) < 4.78 is 24.4. The Morgan fingerprint density at radius 1 is 1.29 bits per heavy atom. The minimum absolute atomic E-state index is 0. The third kappa shape index (κ3) is 3.33. The van der Waals surface area contributed by atoms with E-state index < -0.39 is 11.6 Å². The van der Waals surface area contributed by atoms with Crippen molar-refractivity contribution in [1.82, 2.24) is 0 Å². The first-order valence-corrected chi connectivity index (χ1v) is 7.41. The Morgan fingerprint density at radius 2 is 2.00 bits per heavy atom. The van der Waals surface area contributed by atoms with E-state index in [0.29, 0.717) is 47.8 Å². The van der Waals surface area contributed by atoms with Gasteiger partial charge in [-0.3, -0.25) is 14.3 Å². The molecule has 0 bridgehead atoms. The molecule has 0 amide bonds. The van der Waals surface area contributed by atoms with Crippen LogP contribution >= 0.6 is 0 Å². The van der Waals surface area contributed by atoms with Crippen LogP contribution in [0.4, 0.5) is 4.72 Å². The Balaban J connectivity index is 0.00000101. The molecule has 2 N–H and O–H groups in total. The molecule has 132 valence electrons. The van der Waals surface area contributed by atoms with Gasteiger partial charge in [-0.1, -0.05) is 7.43 Å². The second-order valence-corrected chi connectivity index (χ2v) is 6.17. The molecular weight excluding hydrogens is 313 g/mol. The summed E-state index contributed by atoms with van der Waals surface area (Å²) in [7, 11) is 0. The van der Waals surface area contributed by atoms with Crippen molar-refractivity contribution < 1.29 is 23.8 Å². The zero-order valence-electron chi connectivity index (χ0n) is 14.1. The van der Waals surface area contributed by atoms with Crippen LogP contribution in [-0.2, 0) is 9.53 Å². The van der Waals surface area contributed by atoms with Gasteiger partial charge in [-0.05, 0) is 44.9 Å². The fourth-order valence-corrected chi connectivity index (χ4v) is 2.80. The van der Waals surface area contributed by atoms with Gasteiger partial charge in [-0.15, -0.1) is 0 Å². The van der Waals surface area contributed by atoms with Gasteiger partial charge in [0.2, 0.25) is 11.6 Å². The number of hydrogen-bond donors (Lipinski definition) is 1. The lowest BCUT2D eigenvalue weighted by Gasteiger charge is -2.36. The van der Waals surface area contributed by atoms with Gasteiger partial charge in [0, 0.05) is 23.2 Å². The number of carbonyl (C=O) groups excluding carboxylic acids is 2. The van der Waals surface area contributed by atoms with E-state index in [1.807, 2.05) is 13.8 Å². The molecular formula is C18H24FNO4. The van der Waals surface area contributed by atoms with Crippen molar-refractivity contribution >= 4 is 17.3 Å². The molecule has 0 atom stereocenters. The van der Waals surface area contributed by atoms with Gasteiger partial charge >= 0.3 is 0 Å². The maximum absolute atomic E-state index is 12.3. The third-order valence-electron chi connectivity index (χ3n) is 3.98. The monoisotopic (exact) mass is 339 g/mol. The van der Waals surface area contributed by atoms with Crippen LogP contribution in [0.25, 0.3) is 5.76 Å². The molecule has 0 unspecified atom stereocenters. The van der Waals surface area contributed by atoms with Crippen LogP contribution in [0.15, 0.2) is 23.8 Å². The van der Waals surface area contributed by atoms with E-state index in [-0.39, 0.29) is 13.0 Å². The number of carbonyl (C=O) groups is 2. The molecule has 1 heterocycles. The summed E-state index contributed by atoms with van der Waals surface area (Å²) in [4.78, 5) is 24.6. The second kappa shape index (κ2) is 7.13. The molecule has 0 radical (unpaired) electrons. The van der Waals surface area contributed by atoms with E-state index >= 15 is 0 Å². The standard InChI is InChI=1S/C17H19NO4.CH4.FH/c1-17(2)6-5-12-14(19)15(20)13-9-10(21-8-7-18)3-4-11(13)16(12)22-17;;/h3-4,9H,5-8,18H2,1-2H3;1H4;1H/i/hT. The molecule has 0 saturated carbocycles. The largest absolute Gasteiger partial charge is 0.492 e. The Morgan fingerprint density at radius 3 is 2.67 bits per heavy atom. The van der Waals surface area contributed by atoms with Crippen molar-refractivity contribution in [2.45, 2.75) is 39.7 Å². The Kier molecular flexibility index (Phi) is 5.39. The van der Waals surface area contributed by atoms with Gasteiger partial charge in [-0.25, -0.2) is 0 Å².